The average molecular weight is 350 g/mol. The zero-order chi connectivity index (χ0) is 16.5. The molecule has 0 aromatic rings. The van der Waals surface area contributed by atoms with E-state index in [-0.39, 0.29) is 0 Å². The lowest BCUT2D eigenvalue weighted by atomic mass is 9.77. The van der Waals surface area contributed by atoms with Crippen molar-refractivity contribution in [1.29, 1.82) is 5.41 Å². The van der Waals surface area contributed by atoms with Gasteiger partial charge in [-0.25, -0.2) is 0 Å². The molecule has 0 radical (unpaired) electrons. The lowest BCUT2D eigenvalue weighted by Gasteiger charge is -2.59. The maximum Gasteiger partial charge on any atom is 0.0173 e. The monoisotopic (exact) mass is 349 g/mol. The topological polar surface area (TPSA) is 53.1 Å². The van der Waals surface area contributed by atoms with Crippen molar-refractivity contribution in [2.75, 3.05) is 6.54 Å². The molecule has 4 heteroatoms. The predicted molar refractivity (Wildman–Crippen MR) is 105 cm³/mol. The molecule has 7 unspecified atom stereocenters. The Kier molecular flexibility index (Phi) is 5.61. The van der Waals surface area contributed by atoms with Gasteiger partial charge in [0.1, 0.15) is 0 Å². The van der Waals surface area contributed by atoms with Crippen molar-refractivity contribution in [1.82, 2.24) is 4.90 Å². The van der Waals surface area contributed by atoms with Crippen LogP contribution in [0.15, 0.2) is 0 Å². The number of nitrogens with zero attached hydrogens (tertiary/aromatic N) is 1. The highest BCUT2D eigenvalue weighted by Gasteiger charge is 2.50. The predicted octanol–water partition coefficient (Wildman–Crippen LogP) is 4.00. The lowest BCUT2D eigenvalue weighted by Crippen LogP contribution is -2.64. The Bertz CT molecular complexity index is 437. The summed E-state index contributed by atoms with van der Waals surface area (Å²) >= 11 is 0. The van der Waals surface area contributed by atoms with E-state index in [0.29, 0.717) is 5.92 Å². The van der Waals surface area contributed by atoms with Crippen LogP contribution < -0.4 is 5.73 Å². The fourth-order valence-electron chi connectivity index (χ4n) is 6.46. The Balaban J connectivity index is 1.64. The number of hydrogen-bond acceptors (Lipinski definition) is 3. The standard InChI is InChI=1S/C20H36N3P/c21-12-14-6-4-10-17-19(14)24-20-15(13-22)7-5-11-18(20)23(17)16-8-2-1-3-9-16/h12,14-21,24H,1-11,13,22H2. The summed E-state index contributed by atoms with van der Waals surface area (Å²) in [5, 5.41) is 7.99. The Morgan fingerprint density at radius 2 is 1.58 bits per heavy atom. The molecule has 1 saturated heterocycles. The molecule has 3 saturated carbocycles. The highest BCUT2D eigenvalue weighted by Crippen LogP contribution is 2.54. The first-order valence-corrected chi connectivity index (χ1v) is 11.7. The van der Waals surface area contributed by atoms with Crippen molar-refractivity contribution in [3.63, 3.8) is 0 Å². The van der Waals surface area contributed by atoms with Crippen molar-refractivity contribution in [3.8, 4) is 0 Å². The molecule has 4 fully saturated rings. The Labute approximate surface area is 149 Å². The molecule has 0 aromatic carbocycles. The van der Waals surface area contributed by atoms with Gasteiger partial charge in [0.15, 0.2) is 0 Å². The smallest absolute Gasteiger partial charge is 0.0173 e. The van der Waals surface area contributed by atoms with E-state index in [4.69, 9.17) is 11.1 Å². The first-order valence-electron chi connectivity index (χ1n) is 10.6. The van der Waals surface area contributed by atoms with Gasteiger partial charge in [-0.05, 0) is 62.9 Å². The van der Waals surface area contributed by atoms with E-state index < -0.39 is 0 Å². The van der Waals surface area contributed by atoms with Crippen LogP contribution >= 0.6 is 8.58 Å². The fourth-order valence-corrected chi connectivity index (χ4v) is 9.11. The van der Waals surface area contributed by atoms with Crippen LogP contribution in [0.4, 0.5) is 0 Å². The summed E-state index contributed by atoms with van der Waals surface area (Å²) in [6, 6.07) is 2.44. The van der Waals surface area contributed by atoms with Gasteiger partial charge in [0.05, 0.1) is 0 Å². The first-order chi connectivity index (χ1) is 11.8. The molecule has 3 N–H and O–H groups in total. The van der Waals surface area contributed by atoms with E-state index in [1.807, 2.05) is 6.21 Å². The number of nitrogens with one attached hydrogen (secondary N) is 1. The largest absolute Gasteiger partial charge is 0.330 e. The number of hydrogen-bond donors (Lipinski definition) is 2. The molecule has 0 amide bonds. The van der Waals surface area contributed by atoms with Crippen molar-refractivity contribution in [2.24, 2.45) is 17.6 Å². The first kappa shape index (κ1) is 17.4. The van der Waals surface area contributed by atoms with Gasteiger partial charge in [-0.3, -0.25) is 4.90 Å². The molecule has 4 rings (SSSR count). The van der Waals surface area contributed by atoms with Gasteiger partial charge in [0.2, 0.25) is 0 Å². The zero-order valence-electron chi connectivity index (χ0n) is 15.1. The third-order valence-electron chi connectivity index (χ3n) is 7.57. The second-order valence-electron chi connectivity index (χ2n) is 8.78. The van der Waals surface area contributed by atoms with Crippen LogP contribution in [0.1, 0.15) is 70.6 Å². The summed E-state index contributed by atoms with van der Waals surface area (Å²) in [5.41, 5.74) is 7.82. The maximum atomic E-state index is 7.99. The second-order valence-corrected chi connectivity index (χ2v) is 10.4. The lowest BCUT2D eigenvalue weighted by molar-refractivity contribution is 0.00436. The summed E-state index contributed by atoms with van der Waals surface area (Å²) in [4.78, 5) is 3.06. The van der Waals surface area contributed by atoms with Crippen LogP contribution in [0.3, 0.4) is 0 Å². The summed E-state index contributed by atoms with van der Waals surface area (Å²) in [5.74, 6) is 1.30. The average Bonchev–Trinajstić information content (AvgIpc) is 2.65. The van der Waals surface area contributed by atoms with Crippen molar-refractivity contribution >= 4 is 14.8 Å². The molecule has 0 spiro atoms. The SMILES string of the molecule is N=CC1CCCC2C1PC1C(CN)CCCC1N2C1CCCCC1. The van der Waals surface area contributed by atoms with E-state index in [2.05, 4.69) is 4.90 Å². The molecule has 1 heterocycles. The minimum atomic E-state index is 0.550. The van der Waals surface area contributed by atoms with Crippen molar-refractivity contribution < 1.29 is 0 Å². The van der Waals surface area contributed by atoms with Gasteiger partial charge in [0, 0.05) is 29.7 Å². The van der Waals surface area contributed by atoms with Crippen LogP contribution in [-0.2, 0) is 0 Å². The molecule has 7 atom stereocenters. The van der Waals surface area contributed by atoms with Gasteiger partial charge in [-0.15, -0.1) is 8.58 Å². The van der Waals surface area contributed by atoms with E-state index in [1.165, 1.54) is 70.6 Å². The van der Waals surface area contributed by atoms with Gasteiger partial charge in [-0.2, -0.15) is 0 Å². The van der Waals surface area contributed by atoms with Crippen molar-refractivity contribution in [3.05, 3.63) is 0 Å². The second kappa shape index (κ2) is 7.72. The molecule has 3 nitrogen and oxygen atoms in total. The van der Waals surface area contributed by atoms with E-state index in [9.17, 15) is 0 Å². The Morgan fingerprint density at radius 3 is 2.29 bits per heavy atom. The zero-order valence-corrected chi connectivity index (χ0v) is 16.1. The third kappa shape index (κ3) is 3.10. The number of rotatable bonds is 3. The minimum Gasteiger partial charge on any atom is -0.330 e. The van der Waals surface area contributed by atoms with Crippen LogP contribution in [0.25, 0.3) is 0 Å². The highest BCUT2D eigenvalue weighted by atomic mass is 31.1. The highest BCUT2D eigenvalue weighted by molar-refractivity contribution is 7.40. The van der Waals surface area contributed by atoms with E-state index in [0.717, 1.165) is 50.5 Å². The van der Waals surface area contributed by atoms with E-state index in [1.54, 1.807) is 0 Å². The summed E-state index contributed by atoms with van der Waals surface area (Å²) in [6.07, 6.45) is 17.2. The van der Waals surface area contributed by atoms with Crippen LogP contribution in [0.2, 0.25) is 0 Å². The molecular formula is C20H36N3P. The third-order valence-corrected chi connectivity index (χ3v) is 10.0. The Morgan fingerprint density at radius 1 is 0.875 bits per heavy atom. The van der Waals surface area contributed by atoms with E-state index >= 15 is 0 Å². The van der Waals surface area contributed by atoms with Gasteiger partial charge < -0.3 is 11.1 Å². The summed E-state index contributed by atoms with van der Waals surface area (Å²) < 4.78 is 0. The fraction of sp³-hybridized carbons (Fsp3) is 0.950. The Hall–Kier alpha value is 0.0200. The van der Waals surface area contributed by atoms with Gasteiger partial charge in [0.25, 0.3) is 0 Å². The normalized spacial score (nSPS) is 45.5. The minimum absolute atomic E-state index is 0.550. The molecular weight excluding hydrogens is 313 g/mol. The number of nitrogens with two attached hydrogens (primary N) is 1. The quantitative estimate of drug-likeness (QED) is 0.598. The maximum absolute atomic E-state index is 7.99. The molecule has 0 aromatic heterocycles. The van der Waals surface area contributed by atoms with Gasteiger partial charge in [-0.1, -0.05) is 32.1 Å². The van der Waals surface area contributed by atoms with Crippen LogP contribution in [-0.4, -0.2) is 47.1 Å². The van der Waals surface area contributed by atoms with Crippen LogP contribution in [0.5, 0.6) is 0 Å². The van der Waals surface area contributed by atoms with Crippen LogP contribution in [0, 0.1) is 17.2 Å². The summed E-state index contributed by atoms with van der Waals surface area (Å²) in [7, 11) is 1.06. The summed E-state index contributed by atoms with van der Waals surface area (Å²) in [6.45, 7) is 0.888. The number of fused-ring (bicyclic) bond motifs is 2. The molecule has 1 aliphatic heterocycles. The van der Waals surface area contributed by atoms with Gasteiger partial charge >= 0.3 is 0 Å². The van der Waals surface area contributed by atoms with Crippen molar-refractivity contribution in [2.45, 2.75) is 100 Å². The molecule has 4 aliphatic rings. The molecule has 24 heavy (non-hydrogen) atoms. The molecule has 3 aliphatic carbocycles. The molecule has 136 valence electrons. The molecule has 0 bridgehead atoms.